The third kappa shape index (κ3) is 5.46. The highest BCUT2D eigenvalue weighted by molar-refractivity contribution is 9.10. The Balaban J connectivity index is 0.00000242. The average Bonchev–Trinajstić information content (AvgIpc) is 2.48. The molecule has 1 atom stereocenters. The largest absolute Gasteiger partial charge is 0.338 e. The average molecular weight is 421 g/mol. The molecule has 1 unspecified atom stereocenters. The Bertz CT molecular complexity index is 621. The Morgan fingerprint density at radius 3 is 2.35 bits per heavy atom. The normalized spacial score (nSPS) is 12.3. The van der Waals surface area contributed by atoms with Crippen molar-refractivity contribution in [3.63, 3.8) is 0 Å². The molecule has 0 radical (unpaired) electrons. The summed E-state index contributed by atoms with van der Waals surface area (Å²) in [6.45, 7) is 2.16. The van der Waals surface area contributed by atoms with Gasteiger partial charge in [0.05, 0.1) is 12.2 Å². The molecule has 1 amide bonds. The number of nitrogens with zero attached hydrogens (tertiary/aromatic N) is 2. The van der Waals surface area contributed by atoms with Crippen molar-refractivity contribution in [2.45, 2.75) is 19.0 Å². The second kappa shape index (κ2) is 9.23. The van der Waals surface area contributed by atoms with Crippen LogP contribution in [-0.2, 0) is 16.9 Å². The number of carbonyl (C=O) groups excluding carboxylic acids is 1. The number of amides is 1. The van der Waals surface area contributed by atoms with Crippen molar-refractivity contribution < 1.29 is 4.79 Å². The molecule has 0 fully saturated rings. The summed E-state index contributed by atoms with van der Waals surface area (Å²) in [5.41, 5.74) is 6.81. The molecule has 0 aliphatic heterocycles. The summed E-state index contributed by atoms with van der Waals surface area (Å²) in [7, 11) is 1.74. The molecule has 23 heavy (non-hydrogen) atoms. The molecule has 0 spiro atoms. The van der Waals surface area contributed by atoms with Gasteiger partial charge < -0.3 is 10.6 Å². The van der Waals surface area contributed by atoms with Gasteiger partial charge in [-0.1, -0.05) is 34.1 Å². The summed E-state index contributed by atoms with van der Waals surface area (Å²) in [6.07, 6.45) is 1.71. The van der Waals surface area contributed by atoms with Gasteiger partial charge in [-0.3, -0.25) is 9.78 Å². The Morgan fingerprint density at radius 1 is 1.22 bits per heavy atom. The molecule has 0 aliphatic carbocycles. The van der Waals surface area contributed by atoms with Crippen molar-refractivity contribution in [2.24, 2.45) is 5.73 Å². The number of aromatic nitrogens is 1. The van der Waals surface area contributed by atoms with Gasteiger partial charge in [-0.15, -0.1) is 24.8 Å². The third-order valence-corrected chi connectivity index (χ3v) is 3.89. The smallest absolute Gasteiger partial charge is 0.247 e. The van der Waals surface area contributed by atoms with Crippen molar-refractivity contribution in [3.8, 4) is 0 Å². The summed E-state index contributed by atoms with van der Waals surface area (Å²) in [5.74, 6) is -0.143. The molecule has 0 saturated heterocycles. The SMILES string of the molecule is CN(Cc1ccccn1)C(=O)C(C)(N)c1ccc(Br)cc1.Cl.Cl. The number of benzene rings is 1. The summed E-state index contributed by atoms with van der Waals surface area (Å²) in [6, 6.07) is 13.1. The van der Waals surface area contributed by atoms with Crippen LogP contribution >= 0.6 is 40.7 Å². The molecule has 2 rings (SSSR count). The number of rotatable bonds is 4. The predicted molar refractivity (Wildman–Crippen MR) is 101 cm³/mol. The molecule has 4 nitrogen and oxygen atoms in total. The van der Waals surface area contributed by atoms with E-state index in [1.54, 1.807) is 25.1 Å². The Labute approximate surface area is 157 Å². The summed E-state index contributed by atoms with van der Waals surface area (Å²) < 4.78 is 0.955. The van der Waals surface area contributed by atoms with Crippen LogP contribution in [0.4, 0.5) is 0 Å². The summed E-state index contributed by atoms with van der Waals surface area (Å²) in [4.78, 5) is 18.4. The molecule has 1 heterocycles. The van der Waals surface area contributed by atoms with E-state index >= 15 is 0 Å². The van der Waals surface area contributed by atoms with Gasteiger partial charge in [0.2, 0.25) is 5.91 Å². The van der Waals surface area contributed by atoms with Crippen LogP contribution in [0.3, 0.4) is 0 Å². The van der Waals surface area contributed by atoms with Crippen molar-refractivity contribution >= 4 is 46.7 Å². The van der Waals surface area contributed by atoms with Crippen molar-refractivity contribution in [3.05, 3.63) is 64.4 Å². The van der Waals surface area contributed by atoms with Crippen LogP contribution in [0.1, 0.15) is 18.2 Å². The molecular weight excluding hydrogens is 401 g/mol. The first-order valence-corrected chi connectivity index (χ1v) is 7.41. The fraction of sp³-hybridized carbons (Fsp3) is 0.250. The number of nitrogens with two attached hydrogens (primary N) is 1. The van der Waals surface area contributed by atoms with E-state index < -0.39 is 5.54 Å². The zero-order valence-electron chi connectivity index (χ0n) is 12.9. The number of halogens is 3. The highest BCUT2D eigenvalue weighted by atomic mass is 79.9. The third-order valence-electron chi connectivity index (χ3n) is 3.36. The van der Waals surface area contributed by atoms with E-state index in [-0.39, 0.29) is 30.7 Å². The van der Waals surface area contributed by atoms with Gasteiger partial charge in [0.1, 0.15) is 5.54 Å². The second-order valence-electron chi connectivity index (χ2n) is 5.19. The number of carbonyl (C=O) groups is 1. The van der Waals surface area contributed by atoms with Crippen LogP contribution in [-0.4, -0.2) is 22.8 Å². The van der Waals surface area contributed by atoms with E-state index in [0.717, 1.165) is 15.7 Å². The lowest BCUT2D eigenvalue weighted by Gasteiger charge is -2.29. The monoisotopic (exact) mass is 419 g/mol. The predicted octanol–water partition coefficient (Wildman–Crippen LogP) is 3.52. The van der Waals surface area contributed by atoms with Gasteiger partial charge in [0, 0.05) is 17.7 Å². The topological polar surface area (TPSA) is 59.2 Å². The first-order valence-electron chi connectivity index (χ1n) is 6.61. The van der Waals surface area contributed by atoms with Crippen LogP contribution < -0.4 is 5.73 Å². The standard InChI is InChI=1S/C16H18BrN3O.2ClH/c1-16(18,12-6-8-13(17)9-7-12)15(21)20(2)11-14-5-3-4-10-19-14;;/h3-10H,11,18H2,1-2H3;2*1H. The number of hydrogen-bond donors (Lipinski definition) is 1. The lowest BCUT2D eigenvalue weighted by molar-refractivity contribution is -0.136. The Morgan fingerprint density at radius 2 is 1.83 bits per heavy atom. The van der Waals surface area contributed by atoms with Gasteiger partial charge in [-0.2, -0.15) is 0 Å². The lowest BCUT2D eigenvalue weighted by atomic mass is 9.91. The molecule has 0 aliphatic rings. The van der Waals surface area contributed by atoms with Crippen LogP contribution in [0.2, 0.25) is 0 Å². The molecule has 2 aromatic rings. The highest BCUT2D eigenvalue weighted by Gasteiger charge is 2.33. The Hall–Kier alpha value is -1.14. The minimum atomic E-state index is -1.07. The van der Waals surface area contributed by atoms with E-state index in [4.69, 9.17) is 5.73 Å². The first kappa shape index (κ1) is 21.9. The summed E-state index contributed by atoms with van der Waals surface area (Å²) in [5, 5.41) is 0. The maximum Gasteiger partial charge on any atom is 0.247 e. The number of likely N-dealkylation sites (N-methyl/N-ethyl adjacent to an activating group) is 1. The van der Waals surface area contributed by atoms with Crippen molar-refractivity contribution in [2.75, 3.05) is 7.05 Å². The van der Waals surface area contributed by atoms with Gasteiger partial charge in [-0.25, -0.2) is 0 Å². The highest BCUT2D eigenvalue weighted by Crippen LogP contribution is 2.22. The van der Waals surface area contributed by atoms with Crippen molar-refractivity contribution in [1.82, 2.24) is 9.88 Å². The number of pyridine rings is 1. The molecule has 1 aromatic carbocycles. The quantitative estimate of drug-likeness (QED) is 0.822. The van der Waals surface area contributed by atoms with Gasteiger partial charge in [0.25, 0.3) is 0 Å². The molecular formula is C16H20BrCl2N3O. The van der Waals surface area contributed by atoms with Gasteiger partial charge in [0.15, 0.2) is 0 Å². The maximum absolute atomic E-state index is 12.6. The summed E-state index contributed by atoms with van der Waals surface area (Å²) >= 11 is 3.38. The minimum absolute atomic E-state index is 0. The van der Waals surface area contributed by atoms with Crippen LogP contribution in [0, 0.1) is 0 Å². The van der Waals surface area contributed by atoms with E-state index in [1.807, 2.05) is 42.5 Å². The zero-order valence-corrected chi connectivity index (χ0v) is 16.1. The van der Waals surface area contributed by atoms with Gasteiger partial charge in [-0.05, 0) is 36.8 Å². The maximum atomic E-state index is 12.6. The van der Waals surface area contributed by atoms with Crippen LogP contribution in [0.15, 0.2) is 53.1 Å². The number of hydrogen-bond acceptors (Lipinski definition) is 3. The first-order chi connectivity index (χ1) is 9.91. The molecule has 0 saturated carbocycles. The molecule has 1 aromatic heterocycles. The van der Waals surface area contributed by atoms with E-state index in [0.29, 0.717) is 6.54 Å². The molecule has 0 bridgehead atoms. The van der Waals surface area contributed by atoms with Gasteiger partial charge >= 0.3 is 0 Å². The van der Waals surface area contributed by atoms with E-state index in [9.17, 15) is 4.79 Å². The minimum Gasteiger partial charge on any atom is -0.338 e. The molecule has 7 heteroatoms. The zero-order chi connectivity index (χ0) is 15.5. The molecule has 126 valence electrons. The Kier molecular flexibility index (Phi) is 8.77. The second-order valence-corrected chi connectivity index (χ2v) is 6.11. The lowest BCUT2D eigenvalue weighted by Crippen LogP contribution is -2.49. The van der Waals surface area contributed by atoms with E-state index in [2.05, 4.69) is 20.9 Å². The molecule has 2 N–H and O–H groups in total. The van der Waals surface area contributed by atoms with Crippen molar-refractivity contribution in [1.29, 1.82) is 0 Å². The van der Waals surface area contributed by atoms with Crippen LogP contribution in [0.25, 0.3) is 0 Å². The fourth-order valence-electron chi connectivity index (χ4n) is 2.12. The van der Waals surface area contributed by atoms with E-state index in [1.165, 1.54) is 0 Å². The van der Waals surface area contributed by atoms with Crippen LogP contribution in [0.5, 0.6) is 0 Å². The fourth-order valence-corrected chi connectivity index (χ4v) is 2.39.